The molecular weight excluding hydrogens is 108 g/mol. The molecule has 0 heterocycles. The minimum absolute atomic E-state index is 0.773. The quantitative estimate of drug-likeness (QED) is 0.527. The van der Waals surface area contributed by atoms with Crippen molar-refractivity contribution in [2.75, 3.05) is 0 Å². The van der Waals surface area contributed by atoms with E-state index >= 15 is 0 Å². The third-order valence-electron chi connectivity index (χ3n) is 1.39. The molecule has 0 aliphatic heterocycles. The van der Waals surface area contributed by atoms with Crippen LogP contribution in [0, 0.1) is 12.0 Å². The summed E-state index contributed by atoms with van der Waals surface area (Å²) in [7, 11) is 0. The van der Waals surface area contributed by atoms with Gasteiger partial charge in [-0.15, -0.1) is 0 Å². The van der Waals surface area contributed by atoms with Crippen molar-refractivity contribution in [3.05, 3.63) is 23.8 Å². The van der Waals surface area contributed by atoms with Crippen LogP contribution >= 0.6 is 0 Å². The lowest BCUT2D eigenvalue weighted by Crippen LogP contribution is -1.86. The Kier molecular flexibility index (Phi) is 2.10. The van der Waals surface area contributed by atoms with E-state index in [0.29, 0.717) is 0 Å². The van der Waals surface area contributed by atoms with Crippen molar-refractivity contribution < 1.29 is 0 Å². The van der Waals surface area contributed by atoms with Gasteiger partial charge in [0, 0.05) is 0 Å². The van der Waals surface area contributed by atoms with Gasteiger partial charge >= 0.3 is 0 Å². The molecule has 9 heavy (non-hydrogen) atoms. The molecule has 0 N–H and O–H groups in total. The Morgan fingerprint density at radius 3 is 2.89 bits per heavy atom. The van der Waals surface area contributed by atoms with Crippen LogP contribution < -0.4 is 0 Å². The van der Waals surface area contributed by atoms with Crippen molar-refractivity contribution in [1.82, 2.24) is 0 Å². The maximum absolute atomic E-state index is 3.29. The Bertz CT molecular complexity index is 138. The normalized spacial score (nSPS) is 17.0. The van der Waals surface area contributed by atoms with Crippen LogP contribution in [0.25, 0.3) is 0 Å². The van der Waals surface area contributed by atoms with Crippen molar-refractivity contribution in [1.29, 1.82) is 0 Å². The summed E-state index contributed by atoms with van der Waals surface area (Å²) in [5.41, 5.74) is 1.39. The maximum Gasteiger partial charge on any atom is -0.00885 e. The van der Waals surface area contributed by atoms with Crippen LogP contribution in [0.1, 0.15) is 26.7 Å². The monoisotopic (exact) mass is 121 g/mol. The fourth-order valence-electron chi connectivity index (χ4n) is 1.03. The Balaban J connectivity index is 2.35. The zero-order valence-corrected chi connectivity index (χ0v) is 6.15. The van der Waals surface area contributed by atoms with E-state index in [0.717, 1.165) is 12.3 Å². The highest BCUT2D eigenvalue weighted by atomic mass is 14.0. The van der Waals surface area contributed by atoms with Gasteiger partial charge in [-0.2, -0.15) is 0 Å². The van der Waals surface area contributed by atoms with Crippen molar-refractivity contribution >= 4 is 0 Å². The minimum atomic E-state index is 0.773. The first-order valence-corrected chi connectivity index (χ1v) is 3.55. The molecule has 0 aromatic heterocycles. The second-order valence-electron chi connectivity index (χ2n) is 2.91. The molecule has 0 bridgehead atoms. The molecule has 1 aliphatic rings. The standard InChI is InChI=1S/C9H13/c1-8(2)7-9-5-3-4-6-9/h3,5,8H,4,7H2,1-2H3. The van der Waals surface area contributed by atoms with Crippen molar-refractivity contribution in [2.24, 2.45) is 5.92 Å². The molecule has 0 unspecified atom stereocenters. The summed E-state index contributed by atoms with van der Waals surface area (Å²) in [6, 6.07) is 0. The van der Waals surface area contributed by atoms with Gasteiger partial charge in [0.05, 0.1) is 0 Å². The van der Waals surface area contributed by atoms with Crippen molar-refractivity contribution in [2.45, 2.75) is 26.7 Å². The van der Waals surface area contributed by atoms with Crippen molar-refractivity contribution in [3.8, 4) is 0 Å². The van der Waals surface area contributed by atoms with Gasteiger partial charge in [-0.25, -0.2) is 0 Å². The number of rotatable bonds is 2. The molecular formula is C9H13. The van der Waals surface area contributed by atoms with E-state index in [4.69, 9.17) is 0 Å². The third kappa shape index (κ3) is 2.05. The van der Waals surface area contributed by atoms with E-state index in [2.05, 4.69) is 32.1 Å². The summed E-state index contributed by atoms with van der Waals surface area (Å²) >= 11 is 0. The minimum Gasteiger partial charge on any atom is -0.0798 e. The van der Waals surface area contributed by atoms with Gasteiger partial charge in [0.25, 0.3) is 0 Å². The second kappa shape index (κ2) is 2.86. The Morgan fingerprint density at radius 1 is 1.67 bits per heavy atom. The van der Waals surface area contributed by atoms with Gasteiger partial charge in [-0.05, 0) is 30.4 Å². The number of allylic oxidation sites excluding steroid dienone is 4. The van der Waals surface area contributed by atoms with Crippen LogP contribution in [0.15, 0.2) is 17.7 Å². The first-order chi connectivity index (χ1) is 4.29. The van der Waals surface area contributed by atoms with Gasteiger partial charge in [-0.1, -0.05) is 26.0 Å². The molecule has 0 aromatic carbocycles. The average Bonchev–Trinajstić information content (AvgIpc) is 2.15. The summed E-state index contributed by atoms with van der Waals surface area (Å²) in [5.74, 6) is 0.773. The molecule has 0 spiro atoms. The molecule has 0 atom stereocenters. The fraction of sp³-hybridized carbons (Fsp3) is 0.556. The summed E-state index contributed by atoms with van der Waals surface area (Å²) in [6.45, 7) is 4.47. The van der Waals surface area contributed by atoms with Gasteiger partial charge in [0.15, 0.2) is 0 Å². The Hall–Kier alpha value is -0.520. The zero-order chi connectivity index (χ0) is 6.69. The van der Waals surface area contributed by atoms with Gasteiger partial charge in [0.2, 0.25) is 0 Å². The SMILES string of the molecule is CC(C)CC1=[C]CC=C1. The molecule has 0 aromatic rings. The molecule has 0 nitrogen and oxygen atoms in total. The molecule has 1 aliphatic carbocycles. The van der Waals surface area contributed by atoms with Gasteiger partial charge < -0.3 is 0 Å². The highest BCUT2D eigenvalue weighted by Gasteiger charge is 2.00. The zero-order valence-electron chi connectivity index (χ0n) is 6.15. The highest BCUT2D eigenvalue weighted by molar-refractivity contribution is 5.22. The average molecular weight is 121 g/mol. The molecule has 0 heteroatoms. The topological polar surface area (TPSA) is 0 Å². The highest BCUT2D eigenvalue weighted by Crippen LogP contribution is 2.16. The summed E-state index contributed by atoms with van der Waals surface area (Å²) in [6.07, 6.45) is 9.86. The Labute approximate surface area is 57.3 Å². The first kappa shape index (κ1) is 6.60. The van der Waals surface area contributed by atoms with E-state index < -0.39 is 0 Å². The molecule has 0 fully saturated rings. The Morgan fingerprint density at radius 2 is 2.44 bits per heavy atom. The largest absolute Gasteiger partial charge is 0.0798 e. The molecule has 0 saturated carbocycles. The molecule has 1 radical (unpaired) electrons. The molecule has 0 amide bonds. The molecule has 49 valence electrons. The van der Waals surface area contributed by atoms with E-state index in [1.54, 1.807) is 0 Å². The maximum atomic E-state index is 3.29. The van der Waals surface area contributed by atoms with E-state index in [1.165, 1.54) is 12.0 Å². The van der Waals surface area contributed by atoms with Crippen LogP contribution in [0.4, 0.5) is 0 Å². The van der Waals surface area contributed by atoms with Crippen LogP contribution in [-0.2, 0) is 0 Å². The summed E-state index contributed by atoms with van der Waals surface area (Å²) < 4.78 is 0. The molecule has 0 saturated heterocycles. The van der Waals surface area contributed by atoms with Crippen molar-refractivity contribution in [3.63, 3.8) is 0 Å². The van der Waals surface area contributed by atoms with E-state index in [9.17, 15) is 0 Å². The second-order valence-corrected chi connectivity index (χ2v) is 2.91. The number of hydrogen-bond acceptors (Lipinski definition) is 0. The van der Waals surface area contributed by atoms with Gasteiger partial charge in [0.1, 0.15) is 0 Å². The summed E-state index contributed by atoms with van der Waals surface area (Å²) in [5, 5.41) is 0. The smallest absolute Gasteiger partial charge is 0.00885 e. The van der Waals surface area contributed by atoms with Crippen LogP contribution in [-0.4, -0.2) is 0 Å². The summed E-state index contributed by atoms with van der Waals surface area (Å²) in [4.78, 5) is 0. The predicted molar refractivity (Wildman–Crippen MR) is 40.0 cm³/mol. The molecule has 1 rings (SSSR count). The van der Waals surface area contributed by atoms with E-state index in [1.807, 2.05) is 0 Å². The third-order valence-corrected chi connectivity index (χ3v) is 1.39. The van der Waals surface area contributed by atoms with Crippen LogP contribution in [0.3, 0.4) is 0 Å². The van der Waals surface area contributed by atoms with E-state index in [-0.39, 0.29) is 0 Å². The lowest BCUT2D eigenvalue weighted by atomic mass is 10.0. The first-order valence-electron chi connectivity index (χ1n) is 3.55. The lowest BCUT2D eigenvalue weighted by molar-refractivity contribution is 0.649. The van der Waals surface area contributed by atoms with Gasteiger partial charge in [-0.3, -0.25) is 0 Å². The fourth-order valence-corrected chi connectivity index (χ4v) is 1.03. The lowest BCUT2D eigenvalue weighted by Gasteiger charge is -2.01. The number of hydrogen-bond donors (Lipinski definition) is 0. The van der Waals surface area contributed by atoms with Crippen LogP contribution in [0.5, 0.6) is 0 Å². The predicted octanol–water partition coefficient (Wildman–Crippen LogP) is 2.72. The van der Waals surface area contributed by atoms with Crippen LogP contribution in [0.2, 0.25) is 0 Å².